The van der Waals surface area contributed by atoms with Crippen LogP contribution in [0.4, 0.5) is 5.69 Å². The van der Waals surface area contributed by atoms with Crippen molar-refractivity contribution in [2.45, 2.75) is 58.6 Å². The second-order valence-corrected chi connectivity index (χ2v) is 5.79. The average molecular weight is 247 g/mol. The predicted octanol–water partition coefficient (Wildman–Crippen LogP) is 4.06. The molecular formula is C16H25NO. The van der Waals surface area contributed by atoms with Gasteiger partial charge < -0.3 is 10.1 Å². The van der Waals surface area contributed by atoms with Crippen molar-refractivity contribution >= 4 is 5.69 Å². The van der Waals surface area contributed by atoms with Crippen molar-refractivity contribution in [3.05, 3.63) is 29.3 Å². The number of hydrogen-bond acceptors (Lipinski definition) is 2. The number of ether oxygens (including phenoxy) is 1. The van der Waals surface area contributed by atoms with Crippen LogP contribution in [0.15, 0.2) is 18.2 Å². The van der Waals surface area contributed by atoms with Gasteiger partial charge in [-0.3, -0.25) is 0 Å². The van der Waals surface area contributed by atoms with Gasteiger partial charge in [0.2, 0.25) is 0 Å². The number of benzene rings is 1. The fraction of sp³-hybridized carbons (Fsp3) is 0.625. The fourth-order valence-electron chi connectivity index (χ4n) is 2.57. The van der Waals surface area contributed by atoms with Gasteiger partial charge in [0.25, 0.3) is 0 Å². The van der Waals surface area contributed by atoms with E-state index in [1.165, 1.54) is 16.8 Å². The standard InChI is InChI=1S/C16H25NO/c1-5-16(4)11-15(8-9-18-16)17-14-7-6-12(2)13(3)10-14/h6-7,10,15,17H,5,8-9,11H2,1-4H3. The van der Waals surface area contributed by atoms with Gasteiger partial charge in [0.05, 0.1) is 5.60 Å². The van der Waals surface area contributed by atoms with Crippen LogP contribution in [0.5, 0.6) is 0 Å². The summed E-state index contributed by atoms with van der Waals surface area (Å²) >= 11 is 0. The van der Waals surface area contributed by atoms with E-state index in [1.807, 2.05) is 0 Å². The first kappa shape index (κ1) is 13.4. The molecule has 1 aromatic carbocycles. The lowest BCUT2D eigenvalue weighted by atomic mass is 9.89. The molecule has 18 heavy (non-hydrogen) atoms. The topological polar surface area (TPSA) is 21.3 Å². The fourth-order valence-corrected chi connectivity index (χ4v) is 2.57. The number of anilines is 1. The van der Waals surface area contributed by atoms with Crippen LogP contribution in [0, 0.1) is 13.8 Å². The van der Waals surface area contributed by atoms with Crippen molar-refractivity contribution in [2.24, 2.45) is 0 Å². The first-order valence-electron chi connectivity index (χ1n) is 7.00. The van der Waals surface area contributed by atoms with Crippen molar-refractivity contribution in [3.63, 3.8) is 0 Å². The molecule has 1 heterocycles. The Bertz CT molecular complexity index is 416. The van der Waals surface area contributed by atoms with Crippen LogP contribution in [0.1, 0.15) is 44.2 Å². The molecule has 0 aliphatic carbocycles. The van der Waals surface area contributed by atoms with E-state index >= 15 is 0 Å². The van der Waals surface area contributed by atoms with Crippen molar-refractivity contribution in [2.75, 3.05) is 11.9 Å². The second kappa shape index (κ2) is 5.31. The molecule has 1 N–H and O–H groups in total. The molecule has 100 valence electrons. The second-order valence-electron chi connectivity index (χ2n) is 5.79. The number of nitrogens with one attached hydrogen (secondary N) is 1. The number of hydrogen-bond donors (Lipinski definition) is 1. The van der Waals surface area contributed by atoms with E-state index < -0.39 is 0 Å². The molecule has 2 atom stereocenters. The summed E-state index contributed by atoms with van der Waals surface area (Å²) in [6.07, 6.45) is 3.27. The zero-order valence-electron chi connectivity index (χ0n) is 12.0. The lowest BCUT2D eigenvalue weighted by Gasteiger charge is -2.38. The molecular weight excluding hydrogens is 222 g/mol. The van der Waals surface area contributed by atoms with Gasteiger partial charge in [-0.1, -0.05) is 13.0 Å². The highest BCUT2D eigenvalue weighted by molar-refractivity contribution is 5.48. The summed E-state index contributed by atoms with van der Waals surface area (Å²) in [5, 5.41) is 3.66. The van der Waals surface area contributed by atoms with Crippen molar-refractivity contribution in [3.8, 4) is 0 Å². The lowest BCUT2D eigenvalue weighted by molar-refractivity contribution is -0.0708. The zero-order chi connectivity index (χ0) is 13.2. The Hall–Kier alpha value is -1.02. The molecule has 2 heteroatoms. The summed E-state index contributed by atoms with van der Waals surface area (Å²) in [4.78, 5) is 0. The van der Waals surface area contributed by atoms with Crippen LogP contribution in [0.25, 0.3) is 0 Å². The van der Waals surface area contributed by atoms with E-state index in [4.69, 9.17) is 4.74 Å². The van der Waals surface area contributed by atoms with Crippen LogP contribution in [0.3, 0.4) is 0 Å². The molecule has 1 aromatic rings. The summed E-state index contributed by atoms with van der Waals surface area (Å²) in [6.45, 7) is 9.62. The normalized spacial score (nSPS) is 28.1. The highest BCUT2D eigenvalue weighted by atomic mass is 16.5. The minimum absolute atomic E-state index is 0.0512. The minimum Gasteiger partial charge on any atom is -0.382 e. The van der Waals surface area contributed by atoms with Gasteiger partial charge in [-0.05, 0) is 63.3 Å². The minimum atomic E-state index is 0.0512. The van der Waals surface area contributed by atoms with Crippen LogP contribution < -0.4 is 5.32 Å². The van der Waals surface area contributed by atoms with Crippen LogP contribution in [-0.4, -0.2) is 18.2 Å². The van der Waals surface area contributed by atoms with E-state index in [-0.39, 0.29) is 5.60 Å². The molecule has 2 unspecified atom stereocenters. The lowest BCUT2D eigenvalue weighted by Crippen LogP contribution is -2.41. The van der Waals surface area contributed by atoms with Crippen molar-refractivity contribution in [1.29, 1.82) is 0 Å². The Morgan fingerprint density at radius 3 is 2.78 bits per heavy atom. The van der Waals surface area contributed by atoms with Crippen LogP contribution in [0.2, 0.25) is 0 Å². The van der Waals surface area contributed by atoms with E-state index in [0.29, 0.717) is 6.04 Å². The smallest absolute Gasteiger partial charge is 0.0671 e. The number of rotatable bonds is 3. The Kier molecular flexibility index (Phi) is 3.96. The quantitative estimate of drug-likeness (QED) is 0.869. The molecule has 2 nitrogen and oxygen atoms in total. The monoisotopic (exact) mass is 247 g/mol. The molecule has 0 amide bonds. The van der Waals surface area contributed by atoms with Crippen LogP contribution in [-0.2, 0) is 4.74 Å². The SMILES string of the molecule is CCC1(C)CC(Nc2ccc(C)c(C)c2)CCO1. The third-order valence-corrected chi connectivity index (χ3v) is 4.22. The molecule has 0 radical (unpaired) electrons. The summed E-state index contributed by atoms with van der Waals surface area (Å²) < 4.78 is 5.89. The van der Waals surface area contributed by atoms with Gasteiger partial charge in [0, 0.05) is 18.3 Å². The highest BCUT2D eigenvalue weighted by Gasteiger charge is 2.31. The number of aryl methyl sites for hydroxylation is 2. The Labute approximate surface area is 111 Å². The Balaban J connectivity index is 2.02. The maximum atomic E-state index is 5.89. The zero-order valence-corrected chi connectivity index (χ0v) is 12.0. The summed E-state index contributed by atoms with van der Waals surface area (Å²) in [5.41, 5.74) is 4.00. The highest BCUT2D eigenvalue weighted by Crippen LogP contribution is 2.29. The molecule has 1 saturated heterocycles. The summed E-state index contributed by atoms with van der Waals surface area (Å²) in [7, 11) is 0. The Morgan fingerprint density at radius 1 is 1.33 bits per heavy atom. The average Bonchev–Trinajstić information content (AvgIpc) is 2.34. The van der Waals surface area contributed by atoms with E-state index in [0.717, 1.165) is 25.9 Å². The van der Waals surface area contributed by atoms with Gasteiger partial charge in [0.1, 0.15) is 0 Å². The van der Waals surface area contributed by atoms with Gasteiger partial charge in [-0.2, -0.15) is 0 Å². The largest absolute Gasteiger partial charge is 0.382 e. The van der Waals surface area contributed by atoms with Crippen molar-refractivity contribution < 1.29 is 4.74 Å². The van der Waals surface area contributed by atoms with Gasteiger partial charge >= 0.3 is 0 Å². The summed E-state index contributed by atoms with van der Waals surface area (Å²) in [5.74, 6) is 0. The Morgan fingerprint density at radius 2 is 2.11 bits per heavy atom. The maximum absolute atomic E-state index is 5.89. The van der Waals surface area contributed by atoms with E-state index in [1.54, 1.807) is 0 Å². The first-order valence-corrected chi connectivity index (χ1v) is 7.00. The summed E-state index contributed by atoms with van der Waals surface area (Å²) in [6, 6.07) is 7.15. The third-order valence-electron chi connectivity index (χ3n) is 4.22. The molecule has 1 aliphatic heterocycles. The molecule has 0 bridgehead atoms. The maximum Gasteiger partial charge on any atom is 0.0671 e. The molecule has 1 fully saturated rings. The molecule has 0 saturated carbocycles. The molecule has 0 aromatic heterocycles. The third kappa shape index (κ3) is 3.05. The van der Waals surface area contributed by atoms with Gasteiger partial charge in [-0.25, -0.2) is 0 Å². The molecule has 0 spiro atoms. The van der Waals surface area contributed by atoms with Gasteiger partial charge in [0.15, 0.2) is 0 Å². The van der Waals surface area contributed by atoms with E-state index in [2.05, 4.69) is 51.2 Å². The molecule has 2 rings (SSSR count). The molecule has 1 aliphatic rings. The van der Waals surface area contributed by atoms with Crippen LogP contribution >= 0.6 is 0 Å². The predicted molar refractivity (Wildman–Crippen MR) is 77.2 cm³/mol. The van der Waals surface area contributed by atoms with Crippen molar-refractivity contribution in [1.82, 2.24) is 0 Å². The first-order chi connectivity index (χ1) is 8.52. The van der Waals surface area contributed by atoms with Gasteiger partial charge in [-0.15, -0.1) is 0 Å². The van der Waals surface area contributed by atoms with E-state index in [9.17, 15) is 0 Å².